The van der Waals surface area contributed by atoms with Crippen LogP contribution in [0, 0.1) is 23.4 Å². The van der Waals surface area contributed by atoms with Crippen LogP contribution in [-0.4, -0.2) is 6.18 Å². The zero-order valence-corrected chi connectivity index (χ0v) is 16.0. The Hall–Kier alpha value is -2.24. The molecule has 0 aromatic heterocycles. The molecule has 29 heavy (non-hydrogen) atoms. The smallest absolute Gasteiger partial charge is 0.206 e. The Bertz CT molecular complexity index is 866. The number of allylic oxidation sites excluding steroid dienone is 1. The number of hydrogen-bond donors (Lipinski definition) is 0. The predicted octanol–water partition coefficient (Wildman–Crippen LogP) is 8.03. The third-order valence-electron chi connectivity index (χ3n) is 5.72. The molecule has 0 radical (unpaired) electrons. The number of hydrogen-bond acceptors (Lipinski definition) is 0. The molecule has 0 amide bonds. The van der Waals surface area contributed by atoms with E-state index in [1.54, 1.807) is 6.07 Å². The van der Waals surface area contributed by atoms with Crippen molar-refractivity contribution in [3.8, 4) is 11.1 Å². The quantitative estimate of drug-likeness (QED) is 0.446. The molecule has 156 valence electrons. The van der Waals surface area contributed by atoms with Crippen LogP contribution in [0.5, 0.6) is 0 Å². The van der Waals surface area contributed by atoms with Gasteiger partial charge in [0, 0.05) is 17.2 Å². The van der Waals surface area contributed by atoms with Gasteiger partial charge >= 0.3 is 6.18 Å². The first kappa shape index (κ1) is 21.5. The van der Waals surface area contributed by atoms with Gasteiger partial charge in [0.15, 0.2) is 0 Å². The zero-order valence-electron chi connectivity index (χ0n) is 16.0. The van der Waals surface area contributed by atoms with E-state index in [2.05, 4.69) is 6.92 Å². The van der Waals surface area contributed by atoms with Crippen molar-refractivity contribution in [2.75, 3.05) is 0 Å². The lowest BCUT2D eigenvalue weighted by Gasteiger charge is -2.28. The first-order valence-corrected chi connectivity index (χ1v) is 9.72. The minimum atomic E-state index is -4.68. The zero-order chi connectivity index (χ0) is 21.2. The molecule has 0 spiro atoms. The second-order valence-corrected chi connectivity index (χ2v) is 7.59. The fourth-order valence-corrected chi connectivity index (χ4v) is 4.00. The van der Waals surface area contributed by atoms with Crippen molar-refractivity contribution >= 4 is 6.08 Å². The standard InChI is InChI=1S/C23H22F6/c1-2-14-3-5-15(6-4-14)16-7-8-18(20(24)11-16)17-12-21(25)19(22(26)13-17)9-10-23(27,28)29/h7-15H,2-6H2,1H3. The Morgan fingerprint density at radius 3 is 2.03 bits per heavy atom. The van der Waals surface area contributed by atoms with Gasteiger partial charge in [0.05, 0.1) is 0 Å². The van der Waals surface area contributed by atoms with Crippen molar-refractivity contribution in [3.05, 3.63) is 65.0 Å². The summed E-state index contributed by atoms with van der Waals surface area (Å²) >= 11 is 0. The predicted molar refractivity (Wildman–Crippen MR) is 102 cm³/mol. The van der Waals surface area contributed by atoms with Gasteiger partial charge in [-0.25, -0.2) is 13.2 Å². The Balaban J connectivity index is 1.85. The first-order valence-electron chi connectivity index (χ1n) is 9.72. The summed E-state index contributed by atoms with van der Waals surface area (Å²) in [6.07, 6.45) is 0.738. The van der Waals surface area contributed by atoms with Crippen LogP contribution in [0.25, 0.3) is 17.2 Å². The Morgan fingerprint density at radius 2 is 1.52 bits per heavy atom. The van der Waals surface area contributed by atoms with Crippen LogP contribution in [0.2, 0.25) is 0 Å². The van der Waals surface area contributed by atoms with Crippen molar-refractivity contribution in [1.82, 2.24) is 0 Å². The highest BCUT2D eigenvalue weighted by Crippen LogP contribution is 2.38. The number of alkyl halides is 3. The number of benzene rings is 2. The summed E-state index contributed by atoms with van der Waals surface area (Å²) < 4.78 is 79.8. The summed E-state index contributed by atoms with van der Waals surface area (Å²) in [4.78, 5) is 0. The van der Waals surface area contributed by atoms with Crippen LogP contribution in [0.4, 0.5) is 26.3 Å². The topological polar surface area (TPSA) is 0 Å². The van der Waals surface area contributed by atoms with E-state index in [0.717, 1.165) is 49.8 Å². The molecule has 0 N–H and O–H groups in total. The van der Waals surface area contributed by atoms with E-state index >= 15 is 0 Å². The van der Waals surface area contributed by atoms with Crippen LogP contribution >= 0.6 is 0 Å². The second kappa shape index (κ2) is 8.64. The molecule has 0 nitrogen and oxygen atoms in total. The van der Waals surface area contributed by atoms with Crippen LogP contribution < -0.4 is 0 Å². The van der Waals surface area contributed by atoms with Crippen molar-refractivity contribution in [2.45, 2.75) is 51.1 Å². The molecule has 2 aromatic rings. The van der Waals surface area contributed by atoms with Crippen LogP contribution in [0.15, 0.2) is 36.4 Å². The highest BCUT2D eigenvalue weighted by Gasteiger charge is 2.24. The molecule has 1 aliphatic carbocycles. The summed E-state index contributed by atoms with van der Waals surface area (Å²) in [7, 11) is 0. The van der Waals surface area contributed by atoms with Crippen LogP contribution in [0.3, 0.4) is 0 Å². The summed E-state index contributed by atoms with van der Waals surface area (Å²) in [5.74, 6) is -1.97. The van der Waals surface area contributed by atoms with Gasteiger partial charge in [0.2, 0.25) is 0 Å². The maximum atomic E-state index is 14.7. The maximum Gasteiger partial charge on any atom is 0.409 e. The van der Waals surface area contributed by atoms with E-state index in [-0.39, 0.29) is 23.1 Å². The minimum Gasteiger partial charge on any atom is -0.206 e. The van der Waals surface area contributed by atoms with E-state index in [1.807, 2.05) is 0 Å². The fraction of sp³-hybridized carbons (Fsp3) is 0.391. The lowest BCUT2D eigenvalue weighted by atomic mass is 9.77. The van der Waals surface area contributed by atoms with Gasteiger partial charge in [-0.1, -0.05) is 25.5 Å². The molecule has 0 bridgehead atoms. The van der Waals surface area contributed by atoms with Gasteiger partial charge in [-0.05, 0) is 72.9 Å². The van der Waals surface area contributed by atoms with E-state index < -0.39 is 29.2 Å². The van der Waals surface area contributed by atoms with Gasteiger partial charge in [-0.3, -0.25) is 0 Å². The first-order chi connectivity index (χ1) is 13.7. The molecule has 0 aliphatic heterocycles. The normalized spacial score (nSPS) is 20.4. The summed E-state index contributed by atoms with van der Waals surface area (Å²) in [5.41, 5.74) is 0.0188. The number of halogens is 6. The van der Waals surface area contributed by atoms with Gasteiger partial charge in [-0.15, -0.1) is 0 Å². The summed E-state index contributed by atoms with van der Waals surface area (Å²) in [5, 5.41) is 0. The van der Waals surface area contributed by atoms with Crippen molar-refractivity contribution in [2.24, 2.45) is 5.92 Å². The molecule has 0 atom stereocenters. The molecule has 1 fully saturated rings. The minimum absolute atomic E-state index is 0.0140. The average Bonchev–Trinajstić information content (AvgIpc) is 2.66. The monoisotopic (exact) mass is 412 g/mol. The Morgan fingerprint density at radius 1 is 0.897 bits per heavy atom. The van der Waals surface area contributed by atoms with Crippen LogP contribution in [0.1, 0.15) is 56.1 Å². The molecular weight excluding hydrogens is 390 g/mol. The molecule has 6 heteroatoms. The fourth-order valence-electron chi connectivity index (χ4n) is 4.00. The SMILES string of the molecule is CCC1CCC(c2ccc(-c3cc(F)c(C=CC(F)(F)F)c(F)c3)c(F)c2)CC1. The van der Waals surface area contributed by atoms with E-state index in [0.29, 0.717) is 12.0 Å². The van der Waals surface area contributed by atoms with E-state index in [9.17, 15) is 26.3 Å². The largest absolute Gasteiger partial charge is 0.409 e. The molecular formula is C23H22F6. The molecule has 1 aliphatic rings. The molecule has 3 rings (SSSR count). The third-order valence-corrected chi connectivity index (χ3v) is 5.72. The lowest BCUT2D eigenvalue weighted by molar-refractivity contribution is -0.0790. The number of rotatable bonds is 4. The van der Waals surface area contributed by atoms with Crippen molar-refractivity contribution in [1.29, 1.82) is 0 Å². The molecule has 0 unspecified atom stereocenters. The van der Waals surface area contributed by atoms with Gasteiger partial charge < -0.3 is 0 Å². The van der Waals surface area contributed by atoms with Gasteiger partial charge in [0.25, 0.3) is 0 Å². The summed E-state index contributed by atoms with van der Waals surface area (Å²) in [6, 6.07) is 6.35. The van der Waals surface area contributed by atoms with Gasteiger partial charge in [-0.2, -0.15) is 13.2 Å². The second-order valence-electron chi connectivity index (χ2n) is 7.59. The molecule has 1 saturated carbocycles. The van der Waals surface area contributed by atoms with Crippen molar-refractivity contribution < 1.29 is 26.3 Å². The third kappa shape index (κ3) is 5.22. The Kier molecular flexibility index (Phi) is 6.39. The van der Waals surface area contributed by atoms with Crippen LogP contribution in [-0.2, 0) is 0 Å². The van der Waals surface area contributed by atoms with Crippen molar-refractivity contribution in [3.63, 3.8) is 0 Å². The van der Waals surface area contributed by atoms with Gasteiger partial charge in [0.1, 0.15) is 17.5 Å². The Labute approximate surface area is 166 Å². The maximum absolute atomic E-state index is 14.7. The molecule has 0 saturated heterocycles. The molecule has 0 heterocycles. The summed E-state index contributed by atoms with van der Waals surface area (Å²) in [6.45, 7) is 2.17. The molecule has 2 aromatic carbocycles. The average molecular weight is 412 g/mol. The van der Waals surface area contributed by atoms with E-state index in [1.165, 1.54) is 12.1 Å². The highest BCUT2D eigenvalue weighted by molar-refractivity contribution is 5.67. The van der Waals surface area contributed by atoms with E-state index in [4.69, 9.17) is 0 Å². The lowest BCUT2D eigenvalue weighted by Crippen LogP contribution is -2.12. The highest BCUT2D eigenvalue weighted by atomic mass is 19.4.